The van der Waals surface area contributed by atoms with E-state index in [-0.39, 0.29) is 18.7 Å². The van der Waals surface area contributed by atoms with E-state index in [1.807, 2.05) is 6.92 Å². The summed E-state index contributed by atoms with van der Waals surface area (Å²) < 4.78 is 10.4. The fraction of sp³-hybridized carbons (Fsp3) is 0.462. The van der Waals surface area contributed by atoms with Gasteiger partial charge in [-0.2, -0.15) is 0 Å². The summed E-state index contributed by atoms with van der Waals surface area (Å²) in [6.07, 6.45) is 2.04. The zero-order valence-corrected chi connectivity index (χ0v) is 10.2. The van der Waals surface area contributed by atoms with E-state index < -0.39 is 0 Å². The molecule has 92 valence electrons. The van der Waals surface area contributed by atoms with Gasteiger partial charge >= 0.3 is 0 Å². The number of rotatable bonds is 4. The molecule has 17 heavy (non-hydrogen) atoms. The lowest BCUT2D eigenvalue weighted by molar-refractivity contribution is 0.0938. The van der Waals surface area contributed by atoms with Crippen molar-refractivity contribution in [2.45, 2.75) is 32.7 Å². The zero-order valence-electron chi connectivity index (χ0n) is 10.2. The normalized spacial score (nSPS) is 14.5. The Balaban J connectivity index is 2.04. The molecule has 0 aromatic heterocycles. The van der Waals surface area contributed by atoms with Gasteiger partial charge in [-0.15, -0.1) is 0 Å². The first kappa shape index (κ1) is 11.8. The lowest BCUT2D eigenvalue weighted by Crippen LogP contribution is -2.32. The van der Waals surface area contributed by atoms with Gasteiger partial charge in [-0.1, -0.05) is 13.3 Å². The summed E-state index contributed by atoms with van der Waals surface area (Å²) in [4.78, 5) is 11.9. The molecule has 0 radical (unpaired) electrons. The highest BCUT2D eigenvalue weighted by molar-refractivity contribution is 5.95. The highest BCUT2D eigenvalue weighted by atomic mass is 16.7. The van der Waals surface area contributed by atoms with Gasteiger partial charge < -0.3 is 14.8 Å². The van der Waals surface area contributed by atoms with Gasteiger partial charge in [-0.05, 0) is 31.5 Å². The molecule has 1 N–H and O–H groups in total. The Kier molecular flexibility index (Phi) is 3.52. The number of hydrogen-bond donors (Lipinski definition) is 1. The van der Waals surface area contributed by atoms with Crippen molar-refractivity contribution >= 4 is 5.91 Å². The summed E-state index contributed by atoms with van der Waals surface area (Å²) in [7, 11) is 0. The third-order valence-electron chi connectivity index (χ3n) is 2.73. The lowest BCUT2D eigenvalue weighted by atomic mass is 10.1. The molecule has 4 heteroatoms. The lowest BCUT2D eigenvalue weighted by Gasteiger charge is -2.12. The van der Waals surface area contributed by atoms with Crippen LogP contribution in [-0.2, 0) is 0 Å². The van der Waals surface area contributed by atoms with Crippen molar-refractivity contribution in [3.8, 4) is 11.5 Å². The van der Waals surface area contributed by atoms with E-state index in [1.54, 1.807) is 18.2 Å². The Morgan fingerprint density at radius 3 is 2.94 bits per heavy atom. The fourth-order valence-corrected chi connectivity index (χ4v) is 1.85. The molecule has 0 saturated carbocycles. The van der Waals surface area contributed by atoms with Crippen molar-refractivity contribution in [1.82, 2.24) is 5.32 Å². The summed E-state index contributed by atoms with van der Waals surface area (Å²) in [5.74, 6) is 1.27. The second-order valence-corrected chi connectivity index (χ2v) is 4.23. The summed E-state index contributed by atoms with van der Waals surface area (Å²) in [5.41, 5.74) is 0.609. The molecule has 1 amide bonds. The molecule has 0 fully saturated rings. The van der Waals surface area contributed by atoms with E-state index in [2.05, 4.69) is 12.2 Å². The van der Waals surface area contributed by atoms with Gasteiger partial charge in [-0.25, -0.2) is 0 Å². The minimum atomic E-state index is -0.0655. The average molecular weight is 235 g/mol. The van der Waals surface area contributed by atoms with Crippen molar-refractivity contribution in [2.24, 2.45) is 0 Å². The van der Waals surface area contributed by atoms with Crippen LogP contribution >= 0.6 is 0 Å². The number of ether oxygens (including phenoxy) is 2. The minimum Gasteiger partial charge on any atom is -0.454 e. The van der Waals surface area contributed by atoms with Crippen molar-refractivity contribution in [1.29, 1.82) is 0 Å². The minimum absolute atomic E-state index is 0.0655. The van der Waals surface area contributed by atoms with Gasteiger partial charge in [0.15, 0.2) is 11.5 Å². The number of carbonyl (C=O) groups excluding carboxylic acids is 1. The number of amides is 1. The van der Waals surface area contributed by atoms with Crippen LogP contribution in [0.4, 0.5) is 0 Å². The zero-order chi connectivity index (χ0) is 12.3. The monoisotopic (exact) mass is 235 g/mol. The summed E-state index contributed by atoms with van der Waals surface area (Å²) >= 11 is 0. The molecule has 0 spiro atoms. The maximum Gasteiger partial charge on any atom is 0.251 e. The molecule has 1 heterocycles. The van der Waals surface area contributed by atoms with E-state index in [0.717, 1.165) is 12.8 Å². The Bertz CT molecular complexity index is 417. The molecule has 2 rings (SSSR count). The van der Waals surface area contributed by atoms with Crippen LogP contribution in [0.5, 0.6) is 11.5 Å². The van der Waals surface area contributed by atoms with Gasteiger partial charge in [-0.3, -0.25) is 4.79 Å². The van der Waals surface area contributed by atoms with Crippen LogP contribution < -0.4 is 14.8 Å². The Labute approximate surface area is 101 Å². The van der Waals surface area contributed by atoms with Gasteiger partial charge in [0, 0.05) is 11.6 Å². The smallest absolute Gasteiger partial charge is 0.251 e. The van der Waals surface area contributed by atoms with Crippen LogP contribution in [0.15, 0.2) is 18.2 Å². The first-order valence-corrected chi connectivity index (χ1v) is 5.91. The van der Waals surface area contributed by atoms with Gasteiger partial charge in [0.25, 0.3) is 5.91 Å². The number of benzene rings is 1. The maximum absolute atomic E-state index is 11.9. The largest absolute Gasteiger partial charge is 0.454 e. The van der Waals surface area contributed by atoms with Crippen LogP contribution in [0.25, 0.3) is 0 Å². The van der Waals surface area contributed by atoms with Crippen LogP contribution in [-0.4, -0.2) is 18.7 Å². The SMILES string of the molecule is CCCC(C)NC(=O)c1ccc2c(c1)OCO2. The molecule has 1 aliphatic heterocycles. The van der Waals surface area contributed by atoms with Crippen LogP contribution in [0.2, 0.25) is 0 Å². The van der Waals surface area contributed by atoms with Gasteiger partial charge in [0.05, 0.1) is 0 Å². The third-order valence-corrected chi connectivity index (χ3v) is 2.73. The maximum atomic E-state index is 11.9. The van der Waals surface area contributed by atoms with Crippen molar-refractivity contribution < 1.29 is 14.3 Å². The summed E-state index contributed by atoms with van der Waals surface area (Å²) in [6, 6.07) is 5.43. The van der Waals surface area contributed by atoms with E-state index in [1.165, 1.54) is 0 Å². The number of carbonyl (C=O) groups is 1. The van der Waals surface area contributed by atoms with Crippen LogP contribution in [0.1, 0.15) is 37.0 Å². The molecular formula is C13H17NO3. The first-order valence-electron chi connectivity index (χ1n) is 5.91. The van der Waals surface area contributed by atoms with Crippen molar-refractivity contribution in [2.75, 3.05) is 6.79 Å². The van der Waals surface area contributed by atoms with Gasteiger partial charge in [0.2, 0.25) is 6.79 Å². The predicted molar refractivity (Wildman–Crippen MR) is 64.4 cm³/mol. The highest BCUT2D eigenvalue weighted by Gasteiger charge is 2.16. The van der Waals surface area contributed by atoms with Gasteiger partial charge in [0.1, 0.15) is 0 Å². The van der Waals surface area contributed by atoms with E-state index in [0.29, 0.717) is 17.1 Å². The fourth-order valence-electron chi connectivity index (χ4n) is 1.85. The highest BCUT2D eigenvalue weighted by Crippen LogP contribution is 2.32. The average Bonchev–Trinajstić information content (AvgIpc) is 2.75. The molecule has 1 aliphatic rings. The van der Waals surface area contributed by atoms with E-state index in [4.69, 9.17) is 9.47 Å². The Morgan fingerprint density at radius 1 is 1.41 bits per heavy atom. The Hall–Kier alpha value is -1.71. The topological polar surface area (TPSA) is 47.6 Å². The molecule has 0 saturated heterocycles. The number of hydrogen-bond acceptors (Lipinski definition) is 3. The number of nitrogens with one attached hydrogen (secondary N) is 1. The van der Waals surface area contributed by atoms with E-state index >= 15 is 0 Å². The Morgan fingerprint density at radius 2 is 2.18 bits per heavy atom. The molecule has 1 aromatic carbocycles. The first-order chi connectivity index (χ1) is 8.20. The van der Waals surface area contributed by atoms with Crippen LogP contribution in [0.3, 0.4) is 0 Å². The second-order valence-electron chi connectivity index (χ2n) is 4.23. The summed E-state index contributed by atoms with van der Waals surface area (Å²) in [6.45, 7) is 4.34. The molecule has 1 aromatic rings. The quantitative estimate of drug-likeness (QED) is 0.871. The molecule has 4 nitrogen and oxygen atoms in total. The standard InChI is InChI=1S/C13H17NO3/c1-3-4-9(2)14-13(15)10-5-6-11-12(7-10)17-8-16-11/h5-7,9H,3-4,8H2,1-2H3,(H,14,15). The summed E-state index contributed by atoms with van der Waals surface area (Å²) in [5, 5.41) is 2.95. The second kappa shape index (κ2) is 5.08. The number of fused-ring (bicyclic) bond motifs is 1. The predicted octanol–water partition coefficient (Wildman–Crippen LogP) is 2.33. The molecular weight excluding hydrogens is 218 g/mol. The molecule has 0 aliphatic carbocycles. The van der Waals surface area contributed by atoms with E-state index in [9.17, 15) is 4.79 Å². The van der Waals surface area contributed by atoms with Crippen LogP contribution in [0, 0.1) is 0 Å². The third kappa shape index (κ3) is 2.70. The molecule has 1 unspecified atom stereocenters. The molecule has 0 bridgehead atoms. The molecule has 1 atom stereocenters. The van der Waals surface area contributed by atoms with Crippen molar-refractivity contribution in [3.05, 3.63) is 23.8 Å². The van der Waals surface area contributed by atoms with Crippen molar-refractivity contribution in [3.63, 3.8) is 0 Å².